The average molecular weight is 379 g/mol. The standard InChI is InChI=1S/C22H25N3O3/c26-21(27)16-9-11-17(12-10-16)23-22(28)24-18-6-2-4-8-20(18)25-14-13-15-5-1-3-7-19(15)25/h1-8,16-17H,9-14H2,(H,26,27)(H2,23,24,28). The van der Waals surface area contributed by atoms with Crippen LogP contribution in [0.25, 0.3) is 0 Å². The first kappa shape index (κ1) is 18.3. The van der Waals surface area contributed by atoms with Crippen LogP contribution in [-0.4, -0.2) is 29.7 Å². The van der Waals surface area contributed by atoms with Crippen molar-refractivity contribution >= 4 is 29.1 Å². The van der Waals surface area contributed by atoms with Crippen LogP contribution in [0.15, 0.2) is 48.5 Å². The van der Waals surface area contributed by atoms with Crippen LogP contribution in [0.2, 0.25) is 0 Å². The second kappa shape index (κ2) is 7.92. The van der Waals surface area contributed by atoms with Crippen molar-refractivity contribution in [2.45, 2.75) is 38.1 Å². The van der Waals surface area contributed by atoms with E-state index in [0.717, 1.165) is 24.3 Å². The van der Waals surface area contributed by atoms with Crippen molar-refractivity contribution in [3.05, 3.63) is 54.1 Å². The minimum atomic E-state index is -0.734. The number of hydrogen-bond donors (Lipinski definition) is 3. The monoisotopic (exact) mass is 379 g/mol. The van der Waals surface area contributed by atoms with Crippen LogP contribution < -0.4 is 15.5 Å². The molecule has 1 fully saturated rings. The molecule has 1 heterocycles. The van der Waals surface area contributed by atoms with E-state index in [0.29, 0.717) is 25.7 Å². The summed E-state index contributed by atoms with van der Waals surface area (Å²) in [5, 5.41) is 15.1. The normalized spacial score (nSPS) is 21.1. The number of rotatable bonds is 4. The van der Waals surface area contributed by atoms with E-state index in [1.165, 1.54) is 11.3 Å². The fraction of sp³-hybridized carbons (Fsp3) is 0.364. The van der Waals surface area contributed by atoms with Gasteiger partial charge in [-0.3, -0.25) is 4.79 Å². The zero-order valence-electron chi connectivity index (χ0n) is 15.7. The van der Waals surface area contributed by atoms with E-state index in [4.69, 9.17) is 5.11 Å². The smallest absolute Gasteiger partial charge is 0.319 e. The minimum absolute atomic E-state index is 0.0234. The molecule has 2 aliphatic rings. The van der Waals surface area contributed by atoms with E-state index < -0.39 is 5.97 Å². The van der Waals surface area contributed by atoms with Crippen molar-refractivity contribution in [2.75, 3.05) is 16.8 Å². The number of carboxylic acids is 1. The molecule has 0 bridgehead atoms. The number of carbonyl (C=O) groups excluding carboxylic acids is 1. The van der Waals surface area contributed by atoms with Gasteiger partial charge in [0.05, 0.1) is 17.3 Å². The third kappa shape index (κ3) is 3.81. The van der Waals surface area contributed by atoms with Gasteiger partial charge in [-0.1, -0.05) is 30.3 Å². The highest BCUT2D eigenvalue weighted by Crippen LogP contribution is 2.38. The van der Waals surface area contributed by atoms with Crippen molar-refractivity contribution < 1.29 is 14.7 Å². The van der Waals surface area contributed by atoms with Gasteiger partial charge in [0.15, 0.2) is 0 Å². The van der Waals surface area contributed by atoms with E-state index in [1.54, 1.807) is 0 Å². The van der Waals surface area contributed by atoms with Gasteiger partial charge in [-0.25, -0.2) is 4.79 Å². The molecule has 6 heteroatoms. The molecule has 0 aromatic heterocycles. The predicted molar refractivity (Wildman–Crippen MR) is 109 cm³/mol. The molecule has 0 spiro atoms. The summed E-state index contributed by atoms with van der Waals surface area (Å²) in [6.07, 6.45) is 3.61. The number of urea groups is 1. The summed E-state index contributed by atoms with van der Waals surface area (Å²) >= 11 is 0. The summed E-state index contributed by atoms with van der Waals surface area (Å²) < 4.78 is 0. The van der Waals surface area contributed by atoms with Crippen molar-refractivity contribution in [3.63, 3.8) is 0 Å². The zero-order chi connectivity index (χ0) is 19.5. The molecule has 1 aliphatic carbocycles. The molecule has 0 saturated heterocycles. The van der Waals surface area contributed by atoms with Gasteiger partial charge in [0.1, 0.15) is 0 Å². The first-order chi connectivity index (χ1) is 13.6. The molecule has 0 radical (unpaired) electrons. The van der Waals surface area contributed by atoms with Crippen molar-refractivity contribution in [2.24, 2.45) is 5.92 Å². The minimum Gasteiger partial charge on any atom is -0.481 e. The lowest BCUT2D eigenvalue weighted by Gasteiger charge is -2.27. The Morgan fingerprint density at radius 3 is 2.36 bits per heavy atom. The maximum absolute atomic E-state index is 12.6. The van der Waals surface area contributed by atoms with E-state index in [1.807, 2.05) is 30.3 Å². The maximum atomic E-state index is 12.6. The Bertz CT molecular complexity index is 875. The molecular weight excluding hydrogens is 354 g/mol. The van der Waals surface area contributed by atoms with Gasteiger partial charge in [0.2, 0.25) is 0 Å². The summed E-state index contributed by atoms with van der Waals surface area (Å²) in [7, 11) is 0. The van der Waals surface area contributed by atoms with Crippen LogP contribution in [-0.2, 0) is 11.2 Å². The Balaban J connectivity index is 1.42. The highest BCUT2D eigenvalue weighted by atomic mass is 16.4. The second-order valence-electron chi connectivity index (χ2n) is 7.53. The first-order valence-electron chi connectivity index (χ1n) is 9.86. The van der Waals surface area contributed by atoms with Gasteiger partial charge in [0, 0.05) is 18.3 Å². The number of carboxylic acid groups (broad SMARTS) is 1. The number of fused-ring (bicyclic) bond motifs is 1. The third-order valence-corrected chi connectivity index (χ3v) is 5.74. The van der Waals surface area contributed by atoms with Crippen LogP contribution >= 0.6 is 0 Å². The van der Waals surface area contributed by atoms with Gasteiger partial charge < -0.3 is 20.6 Å². The van der Waals surface area contributed by atoms with Crippen LogP contribution in [0, 0.1) is 5.92 Å². The Kier molecular flexibility index (Phi) is 5.19. The highest BCUT2D eigenvalue weighted by Gasteiger charge is 2.27. The lowest BCUT2D eigenvalue weighted by molar-refractivity contribution is -0.142. The molecular formula is C22H25N3O3. The van der Waals surface area contributed by atoms with Gasteiger partial charge in [-0.2, -0.15) is 0 Å². The van der Waals surface area contributed by atoms with Gasteiger partial charge in [-0.05, 0) is 55.9 Å². The number of carbonyl (C=O) groups is 2. The second-order valence-corrected chi connectivity index (χ2v) is 7.53. The lowest BCUT2D eigenvalue weighted by Crippen LogP contribution is -2.41. The molecule has 3 N–H and O–H groups in total. The Morgan fingerprint density at radius 1 is 0.929 bits per heavy atom. The summed E-state index contributed by atoms with van der Waals surface area (Å²) in [5.41, 5.74) is 4.26. The zero-order valence-corrected chi connectivity index (χ0v) is 15.7. The molecule has 2 aromatic rings. The van der Waals surface area contributed by atoms with E-state index in [9.17, 15) is 9.59 Å². The topological polar surface area (TPSA) is 81.7 Å². The number of nitrogens with one attached hydrogen (secondary N) is 2. The van der Waals surface area contributed by atoms with Crippen molar-refractivity contribution in [1.82, 2.24) is 5.32 Å². The molecule has 6 nitrogen and oxygen atoms in total. The summed E-state index contributed by atoms with van der Waals surface area (Å²) in [6.45, 7) is 0.888. The molecule has 0 unspecified atom stereocenters. The number of anilines is 3. The molecule has 28 heavy (non-hydrogen) atoms. The number of nitrogens with zero attached hydrogens (tertiary/aromatic N) is 1. The SMILES string of the molecule is O=C(Nc1ccccc1N1CCc2ccccc21)NC1CCC(C(=O)O)CC1. The summed E-state index contributed by atoms with van der Waals surface area (Å²) in [6, 6.07) is 16.0. The third-order valence-electron chi connectivity index (χ3n) is 5.74. The van der Waals surface area contributed by atoms with Crippen LogP contribution in [0.3, 0.4) is 0 Å². The number of para-hydroxylation sites is 3. The van der Waals surface area contributed by atoms with E-state index >= 15 is 0 Å². The van der Waals surface area contributed by atoms with Gasteiger partial charge in [0.25, 0.3) is 0 Å². The molecule has 1 aliphatic heterocycles. The predicted octanol–water partition coefficient (Wildman–Crippen LogP) is 4.15. The number of aliphatic carboxylic acids is 1. The quantitative estimate of drug-likeness (QED) is 0.745. The molecule has 2 aromatic carbocycles. The van der Waals surface area contributed by atoms with E-state index in [2.05, 4.69) is 33.7 Å². The molecule has 4 rings (SSSR count). The summed E-state index contributed by atoms with van der Waals surface area (Å²) in [4.78, 5) is 25.9. The van der Waals surface area contributed by atoms with E-state index in [-0.39, 0.29) is 18.0 Å². The van der Waals surface area contributed by atoms with Crippen molar-refractivity contribution in [1.29, 1.82) is 0 Å². The van der Waals surface area contributed by atoms with Crippen molar-refractivity contribution in [3.8, 4) is 0 Å². The summed E-state index contributed by atoms with van der Waals surface area (Å²) in [5.74, 6) is -1.01. The van der Waals surface area contributed by atoms with Crippen LogP contribution in [0.4, 0.5) is 21.9 Å². The van der Waals surface area contributed by atoms with Crippen LogP contribution in [0.5, 0.6) is 0 Å². The number of benzene rings is 2. The van der Waals surface area contributed by atoms with Gasteiger partial charge >= 0.3 is 12.0 Å². The Hall–Kier alpha value is -3.02. The molecule has 146 valence electrons. The lowest BCUT2D eigenvalue weighted by atomic mass is 9.86. The number of hydrogen-bond acceptors (Lipinski definition) is 3. The molecule has 2 amide bonds. The Labute approximate surface area is 164 Å². The largest absolute Gasteiger partial charge is 0.481 e. The fourth-order valence-corrected chi connectivity index (χ4v) is 4.23. The fourth-order valence-electron chi connectivity index (χ4n) is 4.23. The highest BCUT2D eigenvalue weighted by molar-refractivity contribution is 5.94. The molecule has 1 saturated carbocycles. The molecule has 0 atom stereocenters. The maximum Gasteiger partial charge on any atom is 0.319 e. The number of amides is 2. The first-order valence-corrected chi connectivity index (χ1v) is 9.86. The Morgan fingerprint density at radius 2 is 1.61 bits per heavy atom. The van der Waals surface area contributed by atoms with Gasteiger partial charge in [-0.15, -0.1) is 0 Å². The average Bonchev–Trinajstić information content (AvgIpc) is 3.13. The van der Waals surface area contributed by atoms with Crippen LogP contribution in [0.1, 0.15) is 31.2 Å².